The maximum atomic E-state index is 2.41. The first kappa shape index (κ1) is 36.2. The minimum Gasteiger partial charge on any atom is -0.0914 e. The molecule has 0 aromatic rings. The Labute approximate surface area is 248 Å². The molecule has 0 saturated heterocycles. The molecule has 3 aliphatic rings. The van der Waals surface area contributed by atoms with Crippen molar-refractivity contribution in [3.63, 3.8) is 0 Å². The van der Waals surface area contributed by atoms with Gasteiger partial charge in [-0.05, 0) is 133 Å². The molecule has 0 aliphatic heterocycles. The zero-order valence-electron chi connectivity index (χ0n) is 27.8. The highest BCUT2D eigenvalue weighted by atomic mass is 14.3. The molecule has 0 unspecified atom stereocenters. The number of hydrogen-bond donors (Lipinski definition) is 0. The molecule has 0 aromatic carbocycles. The predicted molar refractivity (Wildman–Crippen MR) is 179 cm³/mol. The van der Waals surface area contributed by atoms with Crippen LogP contribution in [0.5, 0.6) is 0 Å². The van der Waals surface area contributed by atoms with Gasteiger partial charge in [-0.15, -0.1) is 0 Å². The van der Waals surface area contributed by atoms with Crippen molar-refractivity contribution in [1.29, 1.82) is 0 Å². The molecule has 0 spiro atoms. The van der Waals surface area contributed by atoms with Gasteiger partial charge in [-0.25, -0.2) is 0 Å². The SMILES string of the molecule is C/C=C/C1CCC(CCC)CC1.C/C=C/C1CCC(CCCC)CC1.C/C=C/C1CCC(CCCCC)CC1. The van der Waals surface area contributed by atoms with Crippen molar-refractivity contribution < 1.29 is 0 Å². The van der Waals surface area contributed by atoms with Crippen molar-refractivity contribution in [2.24, 2.45) is 35.5 Å². The van der Waals surface area contributed by atoms with Gasteiger partial charge in [0.15, 0.2) is 0 Å². The van der Waals surface area contributed by atoms with Gasteiger partial charge in [0.1, 0.15) is 0 Å². The third-order valence-corrected chi connectivity index (χ3v) is 9.95. The van der Waals surface area contributed by atoms with E-state index in [4.69, 9.17) is 0 Å². The van der Waals surface area contributed by atoms with Gasteiger partial charge < -0.3 is 0 Å². The van der Waals surface area contributed by atoms with E-state index in [-0.39, 0.29) is 0 Å². The first-order chi connectivity index (χ1) is 19.1. The van der Waals surface area contributed by atoms with E-state index < -0.39 is 0 Å². The highest BCUT2D eigenvalue weighted by Gasteiger charge is 2.20. The maximum absolute atomic E-state index is 2.41. The van der Waals surface area contributed by atoms with E-state index in [1.54, 1.807) is 0 Å². The van der Waals surface area contributed by atoms with Gasteiger partial charge in [0, 0.05) is 0 Å². The minimum absolute atomic E-state index is 0.905. The summed E-state index contributed by atoms with van der Waals surface area (Å²) in [6.07, 6.45) is 44.3. The van der Waals surface area contributed by atoms with E-state index in [1.165, 1.54) is 135 Å². The van der Waals surface area contributed by atoms with E-state index in [0.29, 0.717) is 0 Å². The fourth-order valence-corrected chi connectivity index (χ4v) is 7.41. The minimum atomic E-state index is 0.905. The Kier molecular flexibility index (Phi) is 23.2. The smallest absolute Gasteiger partial charge is 0.0233 e. The first-order valence-corrected chi connectivity index (χ1v) is 18.0. The number of hydrogen-bond acceptors (Lipinski definition) is 0. The molecule has 0 radical (unpaired) electrons. The lowest BCUT2D eigenvalue weighted by Gasteiger charge is -2.26. The largest absolute Gasteiger partial charge is 0.0914 e. The molecule has 0 heteroatoms. The Morgan fingerprint density at radius 1 is 0.385 bits per heavy atom. The van der Waals surface area contributed by atoms with Crippen LogP contribution in [0.4, 0.5) is 0 Å². The molecule has 0 N–H and O–H groups in total. The average molecular weight is 541 g/mol. The molecule has 3 rings (SSSR count). The molecule has 3 fully saturated rings. The second-order valence-corrected chi connectivity index (χ2v) is 13.3. The molecular weight excluding hydrogens is 468 g/mol. The van der Waals surface area contributed by atoms with E-state index in [1.807, 2.05) is 0 Å². The Balaban J connectivity index is 0.000000293. The van der Waals surface area contributed by atoms with Crippen LogP contribution in [0.3, 0.4) is 0 Å². The van der Waals surface area contributed by atoms with Gasteiger partial charge in [-0.1, -0.05) is 115 Å². The van der Waals surface area contributed by atoms with Crippen LogP contribution >= 0.6 is 0 Å². The van der Waals surface area contributed by atoms with E-state index in [2.05, 4.69) is 78.0 Å². The van der Waals surface area contributed by atoms with E-state index >= 15 is 0 Å². The van der Waals surface area contributed by atoms with Gasteiger partial charge in [0.05, 0.1) is 0 Å². The monoisotopic (exact) mass is 541 g/mol. The van der Waals surface area contributed by atoms with Crippen molar-refractivity contribution >= 4 is 0 Å². The van der Waals surface area contributed by atoms with Crippen molar-refractivity contribution in [2.75, 3.05) is 0 Å². The lowest BCUT2D eigenvalue weighted by molar-refractivity contribution is 0.289. The zero-order valence-corrected chi connectivity index (χ0v) is 27.8. The van der Waals surface area contributed by atoms with Crippen LogP contribution in [0.15, 0.2) is 36.5 Å². The lowest BCUT2D eigenvalue weighted by Crippen LogP contribution is -2.12. The molecule has 0 aromatic heterocycles. The van der Waals surface area contributed by atoms with Gasteiger partial charge in [0.25, 0.3) is 0 Å². The zero-order chi connectivity index (χ0) is 28.6. The molecule has 0 bridgehead atoms. The van der Waals surface area contributed by atoms with Crippen molar-refractivity contribution in [3.8, 4) is 0 Å². The highest BCUT2D eigenvalue weighted by Crippen LogP contribution is 2.34. The lowest BCUT2D eigenvalue weighted by atomic mass is 9.79. The van der Waals surface area contributed by atoms with Gasteiger partial charge >= 0.3 is 0 Å². The van der Waals surface area contributed by atoms with Crippen molar-refractivity contribution in [1.82, 2.24) is 0 Å². The van der Waals surface area contributed by atoms with Crippen LogP contribution in [0, 0.1) is 35.5 Å². The molecule has 0 nitrogen and oxygen atoms in total. The fourth-order valence-electron chi connectivity index (χ4n) is 7.41. The summed E-state index contributed by atoms with van der Waals surface area (Å²) in [4.78, 5) is 0. The summed E-state index contributed by atoms with van der Waals surface area (Å²) in [7, 11) is 0. The van der Waals surface area contributed by atoms with Crippen LogP contribution in [-0.4, -0.2) is 0 Å². The number of allylic oxidation sites excluding steroid dienone is 6. The Bertz CT molecular complexity index is 586. The summed E-state index contributed by atoms with van der Waals surface area (Å²) >= 11 is 0. The summed E-state index contributed by atoms with van der Waals surface area (Å²) in [6.45, 7) is 13.3. The van der Waals surface area contributed by atoms with Crippen LogP contribution in [0.25, 0.3) is 0 Å². The van der Waals surface area contributed by atoms with Crippen LogP contribution in [0.2, 0.25) is 0 Å². The Hall–Kier alpha value is -0.780. The summed E-state index contributed by atoms with van der Waals surface area (Å²) in [5.41, 5.74) is 0. The predicted octanol–water partition coefficient (Wildman–Crippen LogP) is 13.7. The standard InChI is InChI=1S/C14H26.C13H24.C12H22/c1-3-5-6-8-14-11-9-13(7-4-2)10-12-14;1-3-5-7-13-10-8-12(6-4-2)9-11-13;1-3-5-11-7-9-12(6-4-2)10-8-11/h4,7,13-14H,3,5-6,8-12H2,1-2H3;4,6,12-13H,3,5,7-11H2,1-2H3;3,5,11-12H,4,6-10H2,1-2H3/b7-4+;6-4+;5-3+. The van der Waals surface area contributed by atoms with Crippen LogP contribution < -0.4 is 0 Å². The van der Waals surface area contributed by atoms with Crippen LogP contribution in [0.1, 0.15) is 176 Å². The summed E-state index contributed by atoms with van der Waals surface area (Å²) in [5.74, 6) is 5.88. The fraction of sp³-hybridized carbons (Fsp3) is 0.846. The molecule has 228 valence electrons. The topological polar surface area (TPSA) is 0 Å². The quantitative estimate of drug-likeness (QED) is 0.170. The van der Waals surface area contributed by atoms with E-state index in [9.17, 15) is 0 Å². The molecule has 0 atom stereocenters. The number of unbranched alkanes of at least 4 members (excludes halogenated alkanes) is 3. The van der Waals surface area contributed by atoms with Crippen molar-refractivity contribution in [2.45, 2.75) is 176 Å². The molecule has 0 heterocycles. The highest BCUT2D eigenvalue weighted by molar-refractivity contribution is 4.90. The third kappa shape index (κ3) is 18.3. The number of rotatable bonds is 12. The second-order valence-electron chi connectivity index (χ2n) is 13.3. The summed E-state index contributed by atoms with van der Waals surface area (Å²) < 4.78 is 0. The molecular formula is C39H72. The molecule has 0 amide bonds. The maximum Gasteiger partial charge on any atom is -0.0233 e. The van der Waals surface area contributed by atoms with Crippen LogP contribution in [-0.2, 0) is 0 Å². The Morgan fingerprint density at radius 3 is 1.03 bits per heavy atom. The normalized spacial score (nSPS) is 29.7. The van der Waals surface area contributed by atoms with Gasteiger partial charge in [-0.3, -0.25) is 0 Å². The average Bonchev–Trinajstić information content (AvgIpc) is 2.96. The van der Waals surface area contributed by atoms with Gasteiger partial charge in [-0.2, -0.15) is 0 Å². The Morgan fingerprint density at radius 2 is 0.718 bits per heavy atom. The first-order valence-electron chi connectivity index (χ1n) is 18.0. The molecule has 3 saturated carbocycles. The van der Waals surface area contributed by atoms with Gasteiger partial charge in [0.2, 0.25) is 0 Å². The summed E-state index contributed by atoms with van der Waals surface area (Å²) in [5, 5.41) is 0. The third-order valence-electron chi connectivity index (χ3n) is 9.95. The summed E-state index contributed by atoms with van der Waals surface area (Å²) in [6, 6.07) is 0. The van der Waals surface area contributed by atoms with E-state index in [0.717, 1.165) is 35.5 Å². The second kappa shape index (κ2) is 25.0. The molecule has 3 aliphatic carbocycles. The molecule has 39 heavy (non-hydrogen) atoms. The van der Waals surface area contributed by atoms with Crippen molar-refractivity contribution in [3.05, 3.63) is 36.5 Å².